The van der Waals surface area contributed by atoms with Gasteiger partial charge in [0, 0.05) is 31.2 Å². The molecule has 1 aromatic rings. The molecule has 50 heavy (non-hydrogen) atoms. The van der Waals surface area contributed by atoms with E-state index < -0.39 is 51.9 Å². The summed E-state index contributed by atoms with van der Waals surface area (Å²) in [6.45, 7) is 17.9. The average Bonchev–Trinajstić information content (AvgIpc) is 3.62. The first-order valence-electron chi connectivity index (χ1n) is 18.2. The number of unbranched alkanes of at least 4 members (excludes halogenated alkanes) is 3. The van der Waals surface area contributed by atoms with E-state index in [0.717, 1.165) is 69.3 Å². The third-order valence-corrected chi connectivity index (χ3v) is 9.71. The Morgan fingerprint density at radius 2 is 1.76 bits per heavy atom. The lowest BCUT2D eigenvalue weighted by Crippen LogP contribution is -2.51. The maximum atomic E-state index is 13.6. The van der Waals surface area contributed by atoms with Crippen LogP contribution in [0.15, 0.2) is 23.0 Å². The van der Waals surface area contributed by atoms with E-state index in [1.54, 1.807) is 31.9 Å². The highest BCUT2D eigenvalue weighted by Gasteiger charge is 2.49. The molecule has 3 amide bonds. The SMILES string of the molecule is C=C(NC[C@H](O)c1cc([C@@H]2CC[C@H]3CN2C(=O)N3OS(=O)(=O)ON(CCCC)C(CCC)(CCCC)CCCC)no1)NC(=O)OC(C)(C)C. The highest BCUT2D eigenvalue weighted by Crippen LogP contribution is 2.40. The van der Waals surface area contributed by atoms with Crippen LogP contribution in [-0.2, 0) is 23.7 Å². The fourth-order valence-electron chi connectivity index (χ4n) is 6.55. The summed E-state index contributed by atoms with van der Waals surface area (Å²) in [4.78, 5) is 27.1. The Labute approximate surface area is 298 Å². The van der Waals surface area contributed by atoms with E-state index in [1.807, 2.05) is 0 Å². The molecule has 3 rings (SSSR count). The molecule has 0 saturated carbocycles. The van der Waals surface area contributed by atoms with Gasteiger partial charge < -0.3 is 24.6 Å². The number of piperidine rings is 1. The second-order valence-corrected chi connectivity index (χ2v) is 15.5. The maximum Gasteiger partial charge on any atom is 0.437 e. The van der Waals surface area contributed by atoms with Gasteiger partial charge in [0.1, 0.15) is 23.2 Å². The molecule has 0 aromatic carbocycles. The molecular weight excluding hydrogens is 668 g/mol. The molecule has 286 valence electrons. The molecule has 1 aromatic heterocycles. The highest BCUT2D eigenvalue weighted by atomic mass is 32.3. The summed E-state index contributed by atoms with van der Waals surface area (Å²) in [5.74, 6) is 0.272. The number of aromatic nitrogens is 1. The molecule has 2 bridgehead atoms. The number of fused-ring (bicyclic) bond motifs is 2. The number of aliphatic hydroxyl groups is 1. The van der Waals surface area contributed by atoms with E-state index in [9.17, 15) is 23.1 Å². The van der Waals surface area contributed by atoms with Crippen LogP contribution in [0, 0.1) is 0 Å². The molecule has 15 nitrogen and oxygen atoms in total. The van der Waals surface area contributed by atoms with Crippen LogP contribution < -0.4 is 10.6 Å². The fourth-order valence-corrected chi connectivity index (χ4v) is 7.41. The first kappa shape index (κ1) is 41.5. The number of carbonyl (C=O) groups is 2. The lowest BCUT2D eigenvalue weighted by molar-refractivity contribution is -0.172. The van der Waals surface area contributed by atoms with Crippen LogP contribution in [0.5, 0.6) is 0 Å². The topological polar surface area (TPSA) is 176 Å². The van der Waals surface area contributed by atoms with E-state index in [1.165, 1.54) is 4.90 Å². The van der Waals surface area contributed by atoms with Crippen molar-refractivity contribution in [3.05, 3.63) is 29.9 Å². The maximum absolute atomic E-state index is 13.6. The molecular formula is C34H60N6O9S. The fraction of sp³-hybridized carbons (Fsp3) is 0.794. The molecule has 3 N–H and O–H groups in total. The second-order valence-electron chi connectivity index (χ2n) is 14.4. The first-order valence-corrected chi connectivity index (χ1v) is 19.5. The van der Waals surface area contributed by atoms with Gasteiger partial charge in [-0.1, -0.05) is 78.0 Å². The van der Waals surface area contributed by atoms with Crippen molar-refractivity contribution in [2.75, 3.05) is 19.6 Å². The van der Waals surface area contributed by atoms with Crippen molar-refractivity contribution in [3.63, 3.8) is 0 Å². The molecule has 2 aliphatic heterocycles. The quantitative estimate of drug-likeness (QED) is 0.113. The number of nitrogens with one attached hydrogen (secondary N) is 2. The molecule has 2 aliphatic rings. The van der Waals surface area contributed by atoms with Crippen LogP contribution in [0.2, 0.25) is 0 Å². The van der Waals surface area contributed by atoms with Gasteiger partial charge in [0.15, 0.2) is 5.76 Å². The number of rotatable bonds is 22. The smallest absolute Gasteiger partial charge is 0.437 e. The van der Waals surface area contributed by atoms with Gasteiger partial charge in [0.2, 0.25) is 0 Å². The number of ether oxygens (including phenoxy) is 1. The van der Waals surface area contributed by atoms with Gasteiger partial charge in [-0.25, -0.2) is 9.59 Å². The molecule has 2 saturated heterocycles. The van der Waals surface area contributed by atoms with E-state index in [4.69, 9.17) is 17.8 Å². The number of hydrogen-bond donors (Lipinski definition) is 3. The van der Waals surface area contributed by atoms with Crippen LogP contribution >= 0.6 is 0 Å². The third-order valence-electron chi connectivity index (χ3n) is 9.00. The number of alkyl carbamates (subject to hydrolysis) is 1. The summed E-state index contributed by atoms with van der Waals surface area (Å²) < 4.78 is 49.0. The standard InChI is InChI=1S/C34H60N6O9S/c1-9-13-19-34(18-12-4,20-14-10-2)39(21-15-11-3)48-50(44,45)49-40-26-16-17-28(38(24-26)32(40)43)27-22-30(47-37-27)29(41)23-35-25(5)36-31(42)46-33(6,7)8/h22,26,28-29,35,41H,5,9-21,23-24H2,1-4,6-8H3,(H,36,42)/t26-,28-,29-/m0/s1. The summed E-state index contributed by atoms with van der Waals surface area (Å²) in [5, 5.41) is 22.6. The molecule has 0 aliphatic carbocycles. The van der Waals surface area contributed by atoms with Gasteiger partial charge in [-0.2, -0.15) is 22.8 Å². The first-order chi connectivity index (χ1) is 23.6. The van der Waals surface area contributed by atoms with Gasteiger partial charge in [-0.05, 0) is 59.3 Å². The minimum absolute atomic E-state index is 0.0518. The van der Waals surface area contributed by atoms with E-state index in [-0.39, 0.29) is 24.7 Å². The summed E-state index contributed by atoms with van der Waals surface area (Å²) in [5.41, 5.74) is -0.725. The van der Waals surface area contributed by atoms with Gasteiger partial charge in [0.25, 0.3) is 0 Å². The van der Waals surface area contributed by atoms with Crippen molar-refractivity contribution in [3.8, 4) is 0 Å². The Balaban J connectivity index is 1.67. The molecule has 3 atom stereocenters. The number of carbonyl (C=O) groups excluding carboxylic acids is 2. The number of amides is 3. The lowest BCUT2D eigenvalue weighted by Gasteiger charge is -2.43. The van der Waals surface area contributed by atoms with Crippen molar-refractivity contribution >= 4 is 22.5 Å². The van der Waals surface area contributed by atoms with Crippen LogP contribution in [0.4, 0.5) is 9.59 Å². The normalized spacial score (nSPS) is 18.9. The predicted octanol–water partition coefficient (Wildman–Crippen LogP) is 6.36. The van der Waals surface area contributed by atoms with Crippen LogP contribution in [-0.4, -0.2) is 82.6 Å². The van der Waals surface area contributed by atoms with Crippen molar-refractivity contribution in [2.45, 2.75) is 155 Å². The third kappa shape index (κ3) is 11.6. The Morgan fingerprint density at radius 3 is 2.36 bits per heavy atom. The number of urea groups is 1. The van der Waals surface area contributed by atoms with Crippen molar-refractivity contribution in [1.82, 2.24) is 30.8 Å². The predicted molar refractivity (Wildman–Crippen MR) is 187 cm³/mol. The molecule has 0 spiro atoms. The Hall–Kier alpha value is -2.92. The Kier molecular flexibility index (Phi) is 15.4. The van der Waals surface area contributed by atoms with Crippen LogP contribution in [0.25, 0.3) is 0 Å². The minimum atomic E-state index is -4.65. The highest BCUT2D eigenvalue weighted by molar-refractivity contribution is 7.81. The van der Waals surface area contributed by atoms with Crippen LogP contribution in [0.3, 0.4) is 0 Å². The number of hydrogen-bond acceptors (Lipinski definition) is 12. The summed E-state index contributed by atoms with van der Waals surface area (Å²) >= 11 is 0. The molecule has 2 fully saturated rings. The molecule has 3 heterocycles. The van der Waals surface area contributed by atoms with Gasteiger partial charge >= 0.3 is 22.5 Å². The second kappa shape index (κ2) is 18.5. The van der Waals surface area contributed by atoms with E-state index >= 15 is 0 Å². The Morgan fingerprint density at radius 1 is 1.10 bits per heavy atom. The molecule has 16 heteroatoms. The minimum Gasteiger partial charge on any atom is -0.444 e. The zero-order valence-electron chi connectivity index (χ0n) is 31.0. The largest absolute Gasteiger partial charge is 0.444 e. The zero-order valence-corrected chi connectivity index (χ0v) is 31.8. The summed E-state index contributed by atoms with van der Waals surface area (Å²) in [7, 11) is -4.65. The molecule has 0 radical (unpaired) electrons. The monoisotopic (exact) mass is 728 g/mol. The number of aliphatic hydroxyl groups excluding tert-OH is 1. The summed E-state index contributed by atoms with van der Waals surface area (Å²) in [6, 6.07) is -0.0630. The van der Waals surface area contributed by atoms with Crippen molar-refractivity contribution in [1.29, 1.82) is 0 Å². The van der Waals surface area contributed by atoms with Gasteiger partial charge in [-0.15, -0.1) is 4.28 Å². The number of hydroxylamine groups is 4. The number of nitrogens with zero attached hydrogens (tertiary/aromatic N) is 4. The lowest BCUT2D eigenvalue weighted by atomic mass is 9.82. The van der Waals surface area contributed by atoms with Gasteiger partial charge in [-0.3, -0.25) is 5.32 Å². The van der Waals surface area contributed by atoms with Gasteiger partial charge in [0.05, 0.1) is 12.1 Å². The molecule has 0 unspecified atom stereocenters. The van der Waals surface area contributed by atoms with Crippen LogP contribution in [0.1, 0.15) is 149 Å². The van der Waals surface area contributed by atoms with E-state index in [0.29, 0.717) is 25.1 Å². The zero-order chi connectivity index (χ0) is 37.1. The average molecular weight is 729 g/mol. The van der Waals surface area contributed by atoms with E-state index in [2.05, 4.69) is 50.1 Å². The van der Waals surface area contributed by atoms with Crippen molar-refractivity contribution < 1.29 is 40.9 Å². The Bertz CT molecular complexity index is 1360. The summed E-state index contributed by atoms with van der Waals surface area (Å²) in [6.07, 6.45) is 7.84. The van der Waals surface area contributed by atoms with Crippen molar-refractivity contribution in [2.24, 2.45) is 0 Å².